The van der Waals surface area contributed by atoms with Crippen molar-refractivity contribution >= 4 is 17.5 Å². The van der Waals surface area contributed by atoms with Crippen molar-refractivity contribution in [2.45, 2.75) is 31.6 Å². The predicted molar refractivity (Wildman–Crippen MR) is 176 cm³/mol. The Labute approximate surface area is 274 Å². The zero-order valence-electron chi connectivity index (χ0n) is 26.1. The van der Waals surface area contributed by atoms with E-state index in [9.17, 15) is 18.0 Å². The van der Waals surface area contributed by atoms with Crippen LogP contribution in [-0.4, -0.2) is 67.0 Å². The molecule has 1 amide bonds. The Kier molecular flexibility index (Phi) is 10.7. The Bertz CT molecular complexity index is 1540. The van der Waals surface area contributed by atoms with Crippen LogP contribution in [0.4, 0.5) is 13.2 Å². The quantitative estimate of drug-likeness (QED) is 0.154. The fraction of sp³-hybridized carbons (Fsp3) is 0.324. The van der Waals surface area contributed by atoms with E-state index in [0.717, 1.165) is 30.3 Å². The smallest absolute Gasteiger partial charge is 0.417 e. The maximum absolute atomic E-state index is 13.8. The summed E-state index contributed by atoms with van der Waals surface area (Å²) < 4.78 is 47.4. The Morgan fingerprint density at radius 2 is 1.41 bits per heavy atom. The summed E-state index contributed by atoms with van der Waals surface area (Å²) in [5.41, 5.74) is 1.51. The highest BCUT2D eigenvalue weighted by Crippen LogP contribution is 2.40. The molecule has 0 aliphatic carbocycles. The van der Waals surface area contributed by atoms with Crippen LogP contribution in [0.15, 0.2) is 103 Å². The summed E-state index contributed by atoms with van der Waals surface area (Å²) in [4.78, 5) is 19.2. The number of hydrogen-bond donors (Lipinski definition) is 0. The summed E-state index contributed by atoms with van der Waals surface area (Å²) in [6, 6.07) is 31.2. The average molecular weight is 650 g/mol. The first kappa shape index (κ1) is 33.5. The second kappa shape index (κ2) is 14.7. The van der Waals surface area contributed by atoms with Crippen LogP contribution in [0.3, 0.4) is 0 Å². The van der Waals surface area contributed by atoms with Crippen molar-refractivity contribution in [3.05, 3.63) is 136 Å². The summed E-state index contributed by atoms with van der Waals surface area (Å²) in [7, 11) is 2.05. The highest BCUT2D eigenvalue weighted by Gasteiger charge is 2.38. The largest absolute Gasteiger partial charge is 0.494 e. The first-order valence-electron chi connectivity index (χ1n) is 15.5. The molecule has 5 nitrogen and oxygen atoms in total. The fourth-order valence-electron chi connectivity index (χ4n) is 5.98. The highest BCUT2D eigenvalue weighted by atomic mass is 35.5. The van der Waals surface area contributed by atoms with E-state index in [1.165, 1.54) is 6.07 Å². The number of carbonyl (C=O) groups excluding carboxylic acids is 1. The third kappa shape index (κ3) is 7.74. The van der Waals surface area contributed by atoms with E-state index in [1.807, 2.05) is 77.7 Å². The minimum Gasteiger partial charge on any atom is -0.494 e. The summed E-state index contributed by atoms with van der Waals surface area (Å²) in [5, 5.41) is -0.286. The number of halogens is 4. The van der Waals surface area contributed by atoms with Crippen LogP contribution < -0.4 is 4.74 Å². The van der Waals surface area contributed by atoms with Crippen molar-refractivity contribution in [2.24, 2.45) is 0 Å². The van der Waals surface area contributed by atoms with Crippen molar-refractivity contribution in [3.63, 3.8) is 0 Å². The number of benzene rings is 4. The SMILES string of the molecule is CN1CCN(C(=O)c2ccc(OCCCN(Cc3cccc(C(F)(F)F)c3Cl)C(C)(c3ccccc3)c3ccccc3)cc2)CC1. The normalized spacial score (nSPS) is 14.5. The zero-order chi connectivity index (χ0) is 32.7. The third-order valence-corrected chi connectivity index (χ3v) is 9.23. The molecule has 0 radical (unpaired) electrons. The van der Waals surface area contributed by atoms with Gasteiger partial charge in [0.2, 0.25) is 0 Å². The maximum Gasteiger partial charge on any atom is 0.417 e. The molecule has 46 heavy (non-hydrogen) atoms. The molecule has 0 spiro atoms. The van der Waals surface area contributed by atoms with Crippen LogP contribution >= 0.6 is 11.6 Å². The van der Waals surface area contributed by atoms with E-state index < -0.39 is 17.3 Å². The lowest BCUT2D eigenvalue weighted by molar-refractivity contribution is -0.137. The molecule has 0 atom stereocenters. The Balaban J connectivity index is 1.35. The van der Waals surface area contributed by atoms with E-state index in [1.54, 1.807) is 18.2 Å². The van der Waals surface area contributed by atoms with Gasteiger partial charge in [-0.25, -0.2) is 0 Å². The first-order chi connectivity index (χ1) is 22.1. The van der Waals surface area contributed by atoms with E-state index >= 15 is 0 Å². The minimum absolute atomic E-state index is 0.0182. The molecule has 242 valence electrons. The van der Waals surface area contributed by atoms with E-state index in [-0.39, 0.29) is 17.5 Å². The molecule has 1 aliphatic heterocycles. The maximum atomic E-state index is 13.8. The molecule has 0 N–H and O–H groups in total. The van der Waals surface area contributed by atoms with E-state index in [0.29, 0.717) is 49.5 Å². The van der Waals surface area contributed by atoms with Gasteiger partial charge in [0.15, 0.2) is 0 Å². The van der Waals surface area contributed by atoms with Gasteiger partial charge in [0.05, 0.1) is 22.7 Å². The molecule has 4 aromatic rings. The summed E-state index contributed by atoms with van der Waals surface area (Å²) >= 11 is 6.41. The molecule has 1 fully saturated rings. The second-order valence-corrected chi connectivity index (χ2v) is 12.2. The summed E-state index contributed by atoms with van der Waals surface area (Å²) in [5.74, 6) is 0.668. The lowest BCUT2D eigenvalue weighted by Gasteiger charge is -2.43. The molecule has 1 aliphatic rings. The van der Waals surface area contributed by atoms with Crippen LogP contribution in [0, 0.1) is 0 Å². The summed E-state index contributed by atoms with van der Waals surface area (Å²) in [6.45, 7) is 6.30. The molecular weight excluding hydrogens is 611 g/mol. The van der Waals surface area contributed by atoms with Crippen molar-refractivity contribution in [1.29, 1.82) is 0 Å². The molecule has 5 rings (SSSR count). The van der Waals surface area contributed by atoms with Gasteiger partial charge in [-0.2, -0.15) is 13.2 Å². The number of rotatable bonds is 11. The van der Waals surface area contributed by atoms with Crippen LogP contribution in [0.5, 0.6) is 5.75 Å². The van der Waals surface area contributed by atoms with Gasteiger partial charge in [0, 0.05) is 44.8 Å². The number of piperazine rings is 1. The van der Waals surface area contributed by atoms with Crippen molar-refractivity contribution in [1.82, 2.24) is 14.7 Å². The van der Waals surface area contributed by atoms with Gasteiger partial charge in [-0.1, -0.05) is 84.4 Å². The third-order valence-electron chi connectivity index (χ3n) is 8.78. The summed E-state index contributed by atoms with van der Waals surface area (Å²) in [6.07, 6.45) is -3.97. The van der Waals surface area contributed by atoms with Gasteiger partial charge >= 0.3 is 6.18 Å². The number of hydrogen-bond acceptors (Lipinski definition) is 4. The van der Waals surface area contributed by atoms with Crippen molar-refractivity contribution in [2.75, 3.05) is 46.4 Å². The number of likely N-dealkylation sites (N-methyl/N-ethyl adjacent to an activating group) is 1. The molecular formula is C37H39ClF3N3O2. The molecule has 0 saturated carbocycles. The van der Waals surface area contributed by atoms with Gasteiger partial charge in [0.1, 0.15) is 5.75 Å². The molecule has 0 bridgehead atoms. The molecule has 1 saturated heterocycles. The average Bonchev–Trinajstić information content (AvgIpc) is 3.07. The van der Waals surface area contributed by atoms with Crippen LogP contribution in [-0.2, 0) is 18.3 Å². The molecule has 9 heteroatoms. The Morgan fingerprint density at radius 3 is 1.98 bits per heavy atom. The second-order valence-electron chi connectivity index (χ2n) is 11.8. The first-order valence-corrected chi connectivity index (χ1v) is 15.9. The molecule has 4 aromatic carbocycles. The molecule has 1 heterocycles. The molecule has 0 aromatic heterocycles. The van der Waals surface area contributed by atoms with Crippen LogP contribution in [0.1, 0.15) is 46.0 Å². The highest BCUT2D eigenvalue weighted by molar-refractivity contribution is 6.32. The monoisotopic (exact) mass is 649 g/mol. The number of nitrogens with zero attached hydrogens (tertiary/aromatic N) is 3. The lowest BCUT2D eigenvalue weighted by Crippen LogP contribution is -2.47. The van der Waals surface area contributed by atoms with E-state index in [2.05, 4.69) is 23.8 Å². The predicted octanol–water partition coefficient (Wildman–Crippen LogP) is 7.98. The molecule has 0 unspecified atom stereocenters. The Morgan fingerprint density at radius 1 is 0.826 bits per heavy atom. The number of amides is 1. The number of alkyl halides is 3. The van der Waals surface area contributed by atoms with Gasteiger partial charge in [-0.05, 0) is 67.4 Å². The van der Waals surface area contributed by atoms with E-state index in [4.69, 9.17) is 16.3 Å². The zero-order valence-corrected chi connectivity index (χ0v) is 26.9. The Hall–Kier alpha value is -3.85. The minimum atomic E-state index is -4.56. The fourth-order valence-corrected chi connectivity index (χ4v) is 6.27. The van der Waals surface area contributed by atoms with Crippen molar-refractivity contribution < 1.29 is 22.7 Å². The standard InChI is InChI=1S/C37H39ClF3N3O2/c1-36(30-12-5-3-6-13-30,31-14-7-4-8-15-31)44(27-29-11-9-16-33(34(29)38)37(39,40)41)21-10-26-46-32-19-17-28(18-20-32)35(45)43-24-22-42(2)23-25-43/h3-9,11-20H,10,21-27H2,1-2H3. The number of carbonyl (C=O) groups is 1. The van der Waals surface area contributed by atoms with Crippen LogP contribution in [0.25, 0.3) is 0 Å². The van der Waals surface area contributed by atoms with Crippen LogP contribution in [0.2, 0.25) is 5.02 Å². The van der Waals surface area contributed by atoms with Gasteiger partial charge in [0.25, 0.3) is 5.91 Å². The van der Waals surface area contributed by atoms with Gasteiger partial charge < -0.3 is 14.5 Å². The lowest BCUT2D eigenvalue weighted by atomic mass is 9.82. The van der Waals surface area contributed by atoms with Crippen molar-refractivity contribution in [3.8, 4) is 5.75 Å². The number of ether oxygens (including phenoxy) is 1. The van der Waals surface area contributed by atoms with Gasteiger partial charge in [-0.15, -0.1) is 0 Å². The van der Waals surface area contributed by atoms with Gasteiger partial charge in [-0.3, -0.25) is 9.69 Å². The topological polar surface area (TPSA) is 36.0 Å².